The quantitative estimate of drug-likeness (QED) is 0.680. The third-order valence-corrected chi connectivity index (χ3v) is 2.10. The minimum absolute atomic E-state index is 0.0649. The second-order valence-electron chi connectivity index (χ2n) is 3.68. The molecular weight excluding hydrogens is 273 g/mol. The first-order valence-corrected chi connectivity index (χ1v) is 5.30. The molecule has 0 spiro atoms. The fourth-order valence-electron chi connectivity index (χ4n) is 1.21. The Morgan fingerprint density at radius 2 is 2.00 bits per heavy atom. The number of nitriles is 2. The van der Waals surface area contributed by atoms with Crippen LogP contribution in [0.1, 0.15) is 5.56 Å². The van der Waals surface area contributed by atoms with Gasteiger partial charge in [-0.25, -0.2) is 0 Å². The third kappa shape index (κ3) is 4.86. The average molecular weight is 282 g/mol. The second kappa shape index (κ2) is 6.43. The molecule has 5 nitrogen and oxygen atoms in total. The zero-order valence-electron chi connectivity index (χ0n) is 10.3. The summed E-state index contributed by atoms with van der Waals surface area (Å²) in [5.41, 5.74) is 3.13. The first kappa shape index (κ1) is 15.3. The summed E-state index contributed by atoms with van der Waals surface area (Å²) in [6.07, 6.45) is -4.40. The van der Waals surface area contributed by atoms with Gasteiger partial charge in [0.2, 0.25) is 5.71 Å². The smallest absolute Gasteiger partial charge is 0.422 e. The van der Waals surface area contributed by atoms with Gasteiger partial charge in [-0.3, -0.25) is 5.43 Å². The van der Waals surface area contributed by atoms with Crippen LogP contribution in [0.3, 0.4) is 0 Å². The zero-order chi connectivity index (χ0) is 15.2. The van der Waals surface area contributed by atoms with Gasteiger partial charge in [0.15, 0.2) is 6.61 Å². The van der Waals surface area contributed by atoms with Crippen LogP contribution in [-0.4, -0.2) is 18.5 Å². The Morgan fingerprint density at radius 1 is 1.35 bits per heavy atom. The summed E-state index contributed by atoms with van der Waals surface area (Å²) in [5, 5.41) is 20.5. The van der Waals surface area contributed by atoms with Crippen LogP contribution < -0.4 is 10.2 Å². The van der Waals surface area contributed by atoms with Crippen LogP contribution in [-0.2, 0) is 0 Å². The van der Waals surface area contributed by atoms with E-state index in [2.05, 4.69) is 15.3 Å². The molecule has 0 aromatic heterocycles. The second-order valence-corrected chi connectivity index (χ2v) is 3.68. The van der Waals surface area contributed by atoms with Crippen molar-refractivity contribution in [3.8, 4) is 17.9 Å². The highest BCUT2D eigenvalue weighted by Gasteiger charge is 2.28. The van der Waals surface area contributed by atoms with Crippen molar-refractivity contribution in [3.05, 3.63) is 23.8 Å². The molecule has 1 rings (SSSR count). The Kier molecular flexibility index (Phi) is 4.93. The Balaban J connectivity index is 2.77. The number of hydrogen-bond donors (Lipinski definition) is 1. The Morgan fingerprint density at radius 3 is 2.50 bits per heavy atom. The maximum Gasteiger partial charge on any atom is 0.422 e. The molecule has 0 aliphatic rings. The molecule has 0 aliphatic carbocycles. The van der Waals surface area contributed by atoms with Crippen LogP contribution in [0, 0.1) is 29.6 Å². The lowest BCUT2D eigenvalue weighted by Crippen LogP contribution is -2.19. The Hall–Kier alpha value is -2.74. The fraction of sp³-hybridized carbons (Fsp3) is 0.250. The molecule has 0 fully saturated rings. The minimum atomic E-state index is -4.40. The van der Waals surface area contributed by atoms with Gasteiger partial charge in [0, 0.05) is 0 Å². The molecule has 0 saturated carbocycles. The third-order valence-electron chi connectivity index (χ3n) is 2.10. The largest absolute Gasteiger partial charge is 0.484 e. The molecule has 8 heteroatoms. The van der Waals surface area contributed by atoms with E-state index in [0.717, 1.165) is 0 Å². The van der Waals surface area contributed by atoms with Crippen molar-refractivity contribution in [1.29, 1.82) is 10.5 Å². The highest BCUT2D eigenvalue weighted by Crippen LogP contribution is 2.23. The standard InChI is InChI=1S/C12H9F3N4O/c1-8-4-10(20-7-12(13,14)15)2-3-11(8)19-18-9(5-16)6-17/h2-4,19H,7H2,1H3. The van der Waals surface area contributed by atoms with E-state index >= 15 is 0 Å². The first-order chi connectivity index (χ1) is 9.35. The lowest BCUT2D eigenvalue weighted by atomic mass is 10.2. The van der Waals surface area contributed by atoms with E-state index in [4.69, 9.17) is 10.5 Å². The number of benzene rings is 1. The van der Waals surface area contributed by atoms with Crippen molar-refractivity contribution in [3.63, 3.8) is 0 Å². The van der Waals surface area contributed by atoms with Gasteiger partial charge >= 0.3 is 6.18 Å². The van der Waals surface area contributed by atoms with Crippen LogP contribution in [0.4, 0.5) is 18.9 Å². The monoisotopic (exact) mass is 282 g/mol. The summed E-state index contributed by atoms with van der Waals surface area (Å²) in [6, 6.07) is 7.29. The van der Waals surface area contributed by atoms with Crippen LogP contribution >= 0.6 is 0 Å². The lowest BCUT2D eigenvalue weighted by molar-refractivity contribution is -0.153. The summed E-state index contributed by atoms with van der Waals surface area (Å²) in [6.45, 7) is 0.251. The topological polar surface area (TPSA) is 81.2 Å². The molecule has 1 N–H and O–H groups in total. The summed E-state index contributed by atoms with van der Waals surface area (Å²) in [5.74, 6) is 0.0649. The number of aryl methyl sites for hydroxylation is 1. The Bertz CT molecular complexity index is 580. The molecule has 0 bridgehead atoms. The van der Waals surface area contributed by atoms with Crippen molar-refractivity contribution in [2.45, 2.75) is 13.1 Å². The molecule has 104 valence electrons. The van der Waals surface area contributed by atoms with Crippen molar-refractivity contribution in [2.75, 3.05) is 12.0 Å². The van der Waals surface area contributed by atoms with Crippen molar-refractivity contribution >= 4 is 11.4 Å². The molecule has 0 radical (unpaired) electrons. The molecule has 20 heavy (non-hydrogen) atoms. The Labute approximate surface area is 112 Å². The number of halogens is 3. The number of hydrogen-bond acceptors (Lipinski definition) is 5. The zero-order valence-corrected chi connectivity index (χ0v) is 10.3. The van der Waals surface area contributed by atoms with Crippen LogP contribution in [0.25, 0.3) is 0 Å². The average Bonchev–Trinajstić information content (AvgIpc) is 2.38. The molecule has 0 heterocycles. The van der Waals surface area contributed by atoms with E-state index < -0.39 is 12.8 Å². The van der Waals surface area contributed by atoms with Crippen LogP contribution in [0.2, 0.25) is 0 Å². The van der Waals surface area contributed by atoms with Crippen molar-refractivity contribution in [2.24, 2.45) is 5.10 Å². The van der Waals surface area contributed by atoms with Crippen LogP contribution in [0.5, 0.6) is 5.75 Å². The number of rotatable bonds is 4. The molecular formula is C12H9F3N4O. The first-order valence-electron chi connectivity index (χ1n) is 5.30. The van der Waals surface area contributed by atoms with Gasteiger partial charge in [0.25, 0.3) is 0 Å². The van der Waals surface area contributed by atoms with E-state index in [1.165, 1.54) is 18.2 Å². The number of nitrogens with zero attached hydrogens (tertiary/aromatic N) is 3. The maximum absolute atomic E-state index is 12.0. The van der Waals surface area contributed by atoms with Gasteiger partial charge < -0.3 is 4.74 Å². The number of anilines is 1. The van der Waals surface area contributed by atoms with Gasteiger partial charge in [0.1, 0.15) is 17.9 Å². The highest BCUT2D eigenvalue weighted by atomic mass is 19.4. The van der Waals surface area contributed by atoms with E-state index in [9.17, 15) is 13.2 Å². The summed E-state index contributed by atoms with van der Waals surface area (Å²) in [7, 11) is 0. The lowest BCUT2D eigenvalue weighted by Gasteiger charge is -2.11. The molecule has 0 amide bonds. The molecule has 1 aromatic carbocycles. The number of ether oxygens (including phenoxy) is 1. The molecule has 1 aromatic rings. The summed E-state index contributed by atoms with van der Waals surface area (Å²) in [4.78, 5) is 0. The minimum Gasteiger partial charge on any atom is -0.484 e. The number of nitrogens with one attached hydrogen (secondary N) is 1. The predicted molar refractivity (Wildman–Crippen MR) is 65.0 cm³/mol. The van der Waals surface area contributed by atoms with Gasteiger partial charge in [0.05, 0.1) is 5.69 Å². The SMILES string of the molecule is Cc1cc(OCC(F)(F)F)ccc1NN=C(C#N)C#N. The van der Waals surface area contributed by atoms with E-state index in [1.54, 1.807) is 19.1 Å². The van der Waals surface area contributed by atoms with E-state index in [-0.39, 0.29) is 11.5 Å². The fourth-order valence-corrected chi connectivity index (χ4v) is 1.21. The number of hydrazone groups is 1. The van der Waals surface area contributed by atoms with Gasteiger partial charge in [-0.2, -0.15) is 28.8 Å². The predicted octanol–water partition coefficient (Wildman–Crippen LogP) is 2.75. The number of alkyl halides is 3. The van der Waals surface area contributed by atoms with Gasteiger partial charge in [-0.05, 0) is 30.7 Å². The van der Waals surface area contributed by atoms with E-state index in [0.29, 0.717) is 11.3 Å². The molecule has 0 unspecified atom stereocenters. The molecule has 0 aliphatic heterocycles. The summed E-state index contributed by atoms with van der Waals surface area (Å²) >= 11 is 0. The summed E-state index contributed by atoms with van der Waals surface area (Å²) < 4.78 is 40.6. The van der Waals surface area contributed by atoms with Crippen molar-refractivity contribution < 1.29 is 17.9 Å². The van der Waals surface area contributed by atoms with Gasteiger partial charge in [-0.15, -0.1) is 0 Å². The van der Waals surface area contributed by atoms with Crippen molar-refractivity contribution in [1.82, 2.24) is 0 Å². The highest BCUT2D eigenvalue weighted by molar-refractivity contribution is 6.10. The van der Waals surface area contributed by atoms with Crippen LogP contribution in [0.15, 0.2) is 23.3 Å². The normalized spacial score (nSPS) is 10.1. The molecule has 0 atom stereocenters. The maximum atomic E-state index is 12.0. The van der Waals surface area contributed by atoms with Gasteiger partial charge in [-0.1, -0.05) is 0 Å². The molecule has 0 saturated heterocycles. The van der Waals surface area contributed by atoms with E-state index in [1.807, 2.05) is 0 Å².